The summed E-state index contributed by atoms with van der Waals surface area (Å²) < 4.78 is 31.0. The van der Waals surface area contributed by atoms with E-state index in [1.807, 2.05) is 30.3 Å². The minimum absolute atomic E-state index is 0.108. The molecule has 0 aliphatic carbocycles. The number of aliphatic hydroxyl groups is 1. The van der Waals surface area contributed by atoms with Gasteiger partial charge in [-0.05, 0) is 29.8 Å². The molecule has 30 heavy (non-hydrogen) atoms. The molecule has 1 atom stereocenters. The van der Waals surface area contributed by atoms with Crippen molar-refractivity contribution in [3.63, 3.8) is 0 Å². The van der Waals surface area contributed by atoms with Gasteiger partial charge in [0.05, 0.1) is 11.8 Å². The lowest BCUT2D eigenvalue weighted by atomic mass is 10.1. The lowest BCUT2D eigenvalue weighted by molar-refractivity contribution is -0.189. The van der Waals surface area contributed by atoms with Gasteiger partial charge in [-0.1, -0.05) is 30.3 Å². The number of fused-ring (bicyclic) bond motifs is 1. The maximum Gasteiger partial charge on any atom is 0.482 e. The molecule has 4 N–H and O–H groups in total. The zero-order chi connectivity index (χ0) is 21.1. The minimum Gasteiger partial charge on any atom is -0.423 e. The van der Waals surface area contributed by atoms with Gasteiger partial charge in [0, 0.05) is 18.4 Å². The Hall–Kier alpha value is -3.79. The monoisotopic (exact) mass is 413 g/mol. The average molecular weight is 413 g/mol. The second-order valence-corrected chi connectivity index (χ2v) is 6.48. The van der Waals surface area contributed by atoms with Crippen molar-refractivity contribution in [1.82, 2.24) is 9.97 Å². The Morgan fingerprint density at radius 3 is 2.77 bits per heavy atom. The number of halogens is 2. The number of hydrogen-bond donors (Lipinski definition) is 4. The van der Waals surface area contributed by atoms with Crippen LogP contribution in [0.5, 0.6) is 5.75 Å². The Balaban J connectivity index is 1.42. The largest absolute Gasteiger partial charge is 0.482 e. The molecule has 1 aliphatic heterocycles. The lowest BCUT2D eigenvalue weighted by Crippen LogP contribution is -2.43. The molecule has 8 nitrogen and oxygen atoms in total. The number of carbonyl (C=O) groups is 1. The summed E-state index contributed by atoms with van der Waals surface area (Å²) in [6.07, 6.45) is -3.09. The molecule has 1 amide bonds. The third kappa shape index (κ3) is 4.28. The van der Waals surface area contributed by atoms with Gasteiger partial charge in [0.2, 0.25) is 5.95 Å². The van der Waals surface area contributed by atoms with Gasteiger partial charge in [-0.15, -0.1) is 0 Å². The number of anilines is 4. The molecule has 0 spiro atoms. The number of amides is 1. The number of aliphatic hydroxyl groups excluding tert-OH is 1. The van der Waals surface area contributed by atoms with Crippen molar-refractivity contribution < 1.29 is 23.4 Å². The molecule has 4 rings (SSSR count). The Kier molecular flexibility index (Phi) is 5.15. The molecule has 0 saturated carbocycles. The summed E-state index contributed by atoms with van der Waals surface area (Å²) in [5.74, 6) is -0.956. The summed E-state index contributed by atoms with van der Waals surface area (Å²) in [7, 11) is 0. The number of nitrogens with one attached hydrogen (secondary N) is 3. The highest BCUT2D eigenvalue weighted by atomic mass is 19.3. The first-order valence-corrected chi connectivity index (χ1v) is 9.00. The zero-order valence-electron chi connectivity index (χ0n) is 15.5. The van der Waals surface area contributed by atoms with E-state index in [1.54, 1.807) is 6.07 Å². The second kappa shape index (κ2) is 7.91. The Morgan fingerprint density at radius 2 is 1.97 bits per heavy atom. The normalized spacial score (nSPS) is 15.4. The van der Waals surface area contributed by atoms with E-state index in [-0.39, 0.29) is 23.9 Å². The average Bonchev–Trinajstić information content (AvgIpc) is 2.74. The van der Waals surface area contributed by atoms with Gasteiger partial charge in [0.25, 0.3) is 0 Å². The molecule has 3 aromatic rings. The highest BCUT2D eigenvalue weighted by Crippen LogP contribution is 2.37. The Bertz CT molecular complexity index is 1070. The van der Waals surface area contributed by atoms with Gasteiger partial charge >= 0.3 is 12.0 Å². The first kappa shape index (κ1) is 19.5. The molecule has 0 radical (unpaired) electrons. The van der Waals surface area contributed by atoms with Crippen molar-refractivity contribution in [3.8, 4) is 5.75 Å². The summed E-state index contributed by atoms with van der Waals surface area (Å²) in [5, 5.41) is 18.3. The summed E-state index contributed by atoms with van der Waals surface area (Å²) in [6, 6.07) is 15.1. The maximum atomic E-state index is 13.3. The first-order chi connectivity index (χ1) is 14.4. The van der Waals surface area contributed by atoms with E-state index in [0.29, 0.717) is 11.5 Å². The minimum atomic E-state index is -3.91. The molecule has 0 saturated heterocycles. The molecular formula is C20H17F2N5O3. The number of nitrogens with zero attached hydrogens (tertiary/aromatic N) is 2. The molecule has 154 valence electrons. The van der Waals surface area contributed by atoms with Crippen LogP contribution >= 0.6 is 0 Å². The van der Waals surface area contributed by atoms with E-state index in [4.69, 9.17) is 0 Å². The van der Waals surface area contributed by atoms with Crippen LogP contribution in [0.1, 0.15) is 11.7 Å². The van der Waals surface area contributed by atoms with Gasteiger partial charge in [-0.2, -0.15) is 13.8 Å². The van der Waals surface area contributed by atoms with Crippen LogP contribution in [0.25, 0.3) is 0 Å². The van der Waals surface area contributed by atoms with Crippen LogP contribution in [0, 0.1) is 0 Å². The zero-order valence-corrected chi connectivity index (χ0v) is 15.5. The van der Waals surface area contributed by atoms with Crippen molar-refractivity contribution >= 4 is 29.0 Å². The highest BCUT2D eigenvalue weighted by Gasteiger charge is 2.46. The number of aromatic nitrogens is 2. The highest BCUT2D eigenvalue weighted by molar-refractivity contribution is 5.99. The molecular weight excluding hydrogens is 396 g/mol. The number of ether oxygens (including phenoxy) is 1. The van der Waals surface area contributed by atoms with E-state index < -0.39 is 18.1 Å². The van der Waals surface area contributed by atoms with Crippen LogP contribution in [-0.2, 0) is 4.79 Å². The number of benzene rings is 2. The summed E-state index contributed by atoms with van der Waals surface area (Å²) in [4.78, 5) is 19.8. The van der Waals surface area contributed by atoms with Crippen LogP contribution < -0.4 is 20.7 Å². The fourth-order valence-electron chi connectivity index (χ4n) is 2.81. The van der Waals surface area contributed by atoms with Crippen LogP contribution in [0.4, 0.5) is 31.9 Å². The molecule has 1 aromatic heterocycles. The predicted octanol–water partition coefficient (Wildman–Crippen LogP) is 3.29. The van der Waals surface area contributed by atoms with Gasteiger partial charge in [0.1, 0.15) is 5.82 Å². The van der Waals surface area contributed by atoms with Crippen LogP contribution in [0.3, 0.4) is 0 Å². The van der Waals surface area contributed by atoms with Crippen molar-refractivity contribution in [2.24, 2.45) is 0 Å². The van der Waals surface area contributed by atoms with Gasteiger partial charge < -0.3 is 25.8 Å². The SMILES string of the molecule is O=C1Nc2cc(Nc3nccc(NCC(O)c4ccccc4)n3)ccc2OC1(F)F. The lowest BCUT2D eigenvalue weighted by Gasteiger charge is -2.25. The maximum absolute atomic E-state index is 13.3. The smallest absolute Gasteiger partial charge is 0.423 e. The van der Waals surface area contributed by atoms with Crippen LogP contribution in [0.15, 0.2) is 60.8 Å². The molecule has 0 fully saturated rings. The topological polar surface area (TPSA) is 108 Å². The van der Waals surface area contributed by atoms with Gasteiger partial charge in [-0.3, -0.25) is 4.79 Å². The summed E-state index contributed by atoms with van der Waals surface area (Å²) >= 11 is 0. The number of rotatable bonds is 6. The van der Waals surface area contributed by atoms with Crippen molar-refractivity contribution in [3.05, 3.63) is 66.4 Å². The summed E-state index contributed by atoms with van der Waals surface area (Å²) in [6.45, 7) is 0.247. The van der Waals surface area contributed by atoms with Gasteiger partial charge in [-0.25, -0.2) is 4.98 Å². The number of alkyl halides is 2. The third-order valence-electron chi connectivity index (χ3n) is 4.30. The van der Waals surface area contributed by atoms with E-state index in [0.717, 1.165) is 5.56 Å². The van der Waals surface area contributed by atoms with E-state index in [9.17, 15) is 18.7 Å². The van der Waals surface area contributed by atoms with Gasteiger partial charge in [0.15, 0.2) is 5.75 Å². The molecule has 0 bridgehead atoms. The van der Waals surface area contributed by atoms with E-state index >= 15 is 0 Å². The molecule has 1 aliphatic rings. The summed E-state index contributed by atoms with van der Waals surface area (Å²) in [5.41, 5.74) is 1.35. The molecule has 2 heterocycles. The second-order valence-electron chi connectivity index (χ2n) is 6.48. The fourth-order valence-corrected chi connectivity index (χ4v) is 2.81. The molecule has 2 aromatic carbocycles. The molecule has 1 unspecified atom stereocenters. The van der Waals surface area contributed by atoms with E-state index in [2.05, 4.69) is 30.7 Å². The molecule has 10 heteroatoms. The predicted molar refractivity (Wildman–Crippen MR) is 106 cm³/mol. The van der Waals surface area contributed by atoms with Crippen LogP contribution in [0.2, 0.25) is 0 Å². The van der Waals surface area contributed by atoms with E-state index in [1.165, 1.54) is 24.4 Å². The van der Waals surface area contributed by atoms with Crippen LogP contribution in [-0.4, -0.2) is 33.6 Å². The number of carbonyl (C=O) groups excluding carboxylic acids is 1. The number of hydrogen-bond acceptors (Lipinski definition) is 7. The fraction of sp³-hybridized carbons (Fsp3) is 0.150. The quantitative estimate of drug-likeness (QED) is 0.491. The first-order valence-electron chi connectivity index (χ1n) is 9.00. The van der Waals surface area contributed by atoms with Crippen molar-refractivity contribution in [2.75, 3.05) is 22.5 Å². The standard InChI is InChI=1S/C20H17F2N5O3/c21-20(22)18(29)26-14-10-13(6-7-16(14)30-20)25-19-23-9-8-17(27-19)24-11-15(28)12-4-2-1-3-5-12/h1-10,15,28H,11H2,(H,26,29)(H2,23,24,25,27). The third-order valence-corrected chi connectivity index (χ3v) is 4.30. The van der Waals surface area contributed by atoms with Crippen molar-refractivity contribution in [1.29, 1.82) is 0 Å². The van der Waals surface area contributed by atoms with Crippen molar-refractivity contribution in [2.45, 2.75) is 12.2 Å². The Labute approximate surface area is 169 Å². The Morgan fingerprint density at radius 1 is 1.17 bits per heavy atom.